The lowest BCUT2D eigenvalue weighted by atomic mass is 9.93. The first-order valence-corrected chi connectivity index (χ1v) is 12.8. The number of likely N-dealkylation sites (tertiary alicyclic amines) is 1. The van der Waals surface area contributed by atoms with Crippen LogP contribution < -0.4 is 0 Å². The number of hydrogen-bond donors (Lipinski definition) is 1. The van der Waals surface area contributed by atoms with Crippen molar-refractivity contribution in [3.05, 3.63) is 35.7 Å². The number of H-pyrrole nitrogens is 1. The smallest absolute Gasteiger partial charge is 0.240 e. The van der Waals surface area contributed by atoms with Crippen molar-refractivity contribution in [3.8, 4) is 0 Å². The monoisotopic (exact) mass is 472 g/mol. The fourth-order valence-corrected chi connectivity index (χ4v) is 6.85. The van der Waals surface area contributed by atoms with E-state index in [0.717, 1.165) is 29.7 Å². The Morgan fingerprint density at radius 3 is 2.73 bits per heavy atom. The van der Waals surface area contributed by atoms with E-state index >= 15 is 0 Å². The van der Waals surface area contributed by atoms with E-state index in [9.17, 15) is 13.6 Å². The molecule has 0 radical (unpaired) electrons. The highest BCUT2D eigenvalue weighted by molar-refractivity contribution is 7.95. The Morgan fingerprint density at radius 1 is 1.24 bits per heavy atom. The zero-order valence-corrected chi connectivity index (χ0v) is 19.6. The summed E-state index contributed by atoms with van der Waals surface area (Å²) in [5.41, 5.74) is 2.18. The fourth-order valence-electron chi connectivity index (χ4n) is 5.04. The Bertz CT molecular complexity index is 1160. The molecule has 1 N–H and O–H groups in total. The van der Waals surface area contributed by atoms with Crippen molar-refractivity contribution in [1.29, 1.82) is 0 Å². The lowest BCUT2D eigenvalue weighted by Gasteiger charge is -2.37. The van der Waals surface area contributed by atoms with Gasteiger partial charge in [0, 0.05) is 38.7 Å². The van der Waals surface area contributed by atoms with Crippen molar-refractivity contribution in [3.63, 3.8) is 0 Å². The van der Waals surface area contributed by atoms with E-state index in [0.29, 0.717) is 38.2 Å². The van der Waals surface area contributed by atoms with Gasteiger partial charge in [-0.05, 0) is 38.7 Å². The second-order valence-electron chi connectivity index (χ2n) is 8.97. The maximum atomic E-state index is 13.3. The number of carbonyl (C=O) groups is 1. The van der Waals surface area contributed by atoms with Crippen molar-refractivity contribution >= 4 is 27.3 Å². The molecule has 0 aromatic carbocycles. The number of carbonyl (C=O) groups excluding carboxylic acids is 1. The Kier molecular flexibility index (Phi) is 5.79. The summed E-state index contributed by atoms with van der Waals surface area (Å²) in [4.78, 5) is 27.4. The summed E-state index contributed by atoms with van der Waals surface area (Å²) in [7, 11) is -3.75. The molecule has 2 atom stereocenters. The van der Waals surface area contributed by atoms with Gasteiger partial charge in [-0.1, -0.05) is 9.37 Å². The molecule has 2 fully saturated rings. The van der Waals surface area contributed by atoms with E-state index in [2.05, 4.69) is 20.1 Å². The molecule has 0 spiro atoms. The van der Waals surface area contributed by atoms with Gasteiger partial charge in [0.1, 0.15) is 11.5 Å². The van der Waals surface area contributed by atoms with Gasteiger partial charge in [-0.25, -0.2) is 4.98 Å². The number of piperidine rings is 2. The van der Waals surface area contributed by atoms with E-state index in [1.54, 1.807) is 26.2 Å². The predicted octanol–water partition coefficient (Wildman–Crippen LogP) is 2.58. The summed E-state index contributed by atoms with van der Waals surface area (Å²) in [6, 6.07) is 1.89. The van der Waals surface area contributed by atoms with E-state index in [1.807, 2.05) is 11.0 Å². The first-order valence-electron chi connectivity index (χ1n) is 11.4. The number of rotatable bonds is 4. The van der Waals surface area contributed by atoms with Gasteiger partial charge in [0.2, 0.25) is 10.8 Å². The predicted molar refractivity (Wildman–Crippen MR) is 120 cm³/mol. The van der Waals surface area contributed by atoms with E-state index in [4.69, 9.17) is 4.52 Å². The lowest BCUT2D eigenvalue weighted by molar-refractivity contribution is -0.137. The average Bonchev–Trinajstić information content (AvgIpc) is 3.41. The Morgan fingerprint density at radius 2 is 2.03 bits per heavy atom. The van der Waals surface area contributed by atoms with Gasteiger partial charge in [0.25, 0.3) is 0 Å². The number of aryl methyl sites for hydroxylation is 2. The van der Waals surface area contributed by atoms with Gasteiger partial charge in [0.05, 0.1) is 29.7 Å². The number of sulfonamides is 1. The molecule has 0 saturated carbocycles. The molecular formula is C22H28N6O4S. The number of fused-ring (bicyclic) bond motifs is 1. The minimum absolute atomic E-state index is 0.0425. The molecule has 5 heterocycles. The number of aromatic nitrogens is 4. The minimum Gasteiger partial charge on any atom is -0.593 e. The van der Waals surface area contributed by atoms with Gasteiger partial charge >= 0.3 is 0 Å². The van der Waals surface area contributed by atoms with Gasteiger partial charge in [-0.2, -0.15) is 0 Å². The normalized spacial score (nSPS) is 22.5. The summed E-state index contributed by atoms with van der Waals surface area (Å²) in [5.74, 6) is 1.21. The van der Waals surface area contributed by atoms with Crippen molar-refractivity contribution in [2.45, 2.75) is 50.3 Å². The number of amides is 1. The first kappa shape index (κ1) is 22.2. The summed E-state index contributed by atoms with van der Waals surface area (Å²) >= 11 is 0. The van der Waals surface area contributed by atoms with Gasteiger partial charge in [-0.3, -0.25) is 9.78 Å². The van der Waals surface area contributed by atoms with Crippen LogP contribution in [0.15, 0.2) is 27.9 Å². The number of nitrogens with zero attached hydrogens (tertiary/aromatic N) is 5. The highest BCUT2D eigenvalue weighted by Crippen LogP contribution is 2.33. The van der Waals surface area contributed by atoms with Crippen LogP contribution in [0.1, 0.15) is 48.9 Å². The molecule has 3 aromatic rings. The standard InChI is InChI=1S/C22H28N6O4S/c1-14-20(15(2)32-26-14)33(30,31)28-9-3-4-17(13-28)22(29)27-10-6-16(7-11-27)21-24-18-5-8-23-12-19(18)25-21/h5,8,12,16-17H,3-4,6-7,9-11,13H2,1-2H3,(H-,23,24,25,30,31). The van der Waals surface area contributed by atoms with Crippen LogP contribution in [-0.2, 0) is 19.4 Å². The average molecular weight is 473 g/mol. The summed E-state index contributed by atoms with van der Waals surface area (Å²) in [6.45, 7) is 5.11. The van der Waals surface area contributed by atoms with Gasteiger partial charge < -0.3 is 19.0 Å². The third-order valence-corrected chi connectivity index (χ3v) is 8.90. The van der Waals surface area contributed by atoms with Crippen LogP contribution in [0, 0.1) is 19.8 Å². The molecular weight excluding hydrogens is 444 g/mol. The molecule has 2 saturated heterocycles. The quantitative estimate of drug-likeness (QED) is 0.577. The Hall–Kier alpha value is -2.63. The van der Waals surface area contributed by atoms with Crippen LogP contribution in [0.5, 0.6) is 0 Å². The van der Waals surface area contributed by atoms with Crippen molar-refractivity contribution < 1.29 is 18.1 Å². The lowest BCUT2D eigenvalue weighted by Crippen LogP contribution is -2.50. The van der Waals surface area contributed by atoms with E-state index < -0.39 is 10.4 Å². The van der Waals surface area contributed by atoms with Crippen LogP contribution in [0.2, 0.25) is 0 Å². The molecule has 2 aliphatic rings. The number of imidazole rings is 1. The Balaban J connectivity index is 1.23. The summed E-state index contributed by atoms with van der Waals surface area (Å²) in [5, 5.41) is 3.78. The topological polar surface area (TPSA) is 131 Å². The Labute approximate surface area is 193 Å². The fraction of sp³-hybridized carbons (Fsp3) is 0.545. The molecule has 0 bridgehead atoms. The highest BCUT2D eigenvalue weighted by atomic mass is 32.3. The number of aromatic amines is 1. The molecule has 2 aliphatic heterocycles. The molecule has 11 heteroatoms. The molecule has 33 heavy (non-hydrogen) atoms. The third kappa shape index (κ3) is 4.09. The van der Waals surface area contributed by atoms with Gasteiger partial charge in [-0.15, -0.1) is 4.31 Å². The zero-order chi connectivity index (χ0) is 23.2. The van der Waals surface area contributed by atoms with Crippen LogP contribution in [0.4, 0.5) is 0 Å². The second-order valence-corrected chi connectivity index (χ2v) is 10.8. The number of hydrogen-bond acceptors (Lipinski definition) is 7. The van der Waals surface area contributed by atoms with E-state index in [1.165, 1.54) is 4.31 Å². The molecule has 1 amide bonds. The molecule has 2 unspecified atom stereocenters. The number of pyridine rings is 1. The SMILES string of the molecule is Cc1noc(C)c1[S+](=O)([O-])N1CCCC(C(=O)N2CCC(c3nc4ccncc4[nH]3)CC2)C1. The van der Waals surface area contributed by atoms with Crippen LogP contribution >= 0.6 is 0 Å². The molecule has 5 rings (SSSR count). The minimum atomic E-state index is -3.75. The van der Waals surface area contributed by atoms with Gasteiger partial charge in [0.15, 0.2) is 16.2 Å². The van der Waals surface area contributed by atoms with Crippen molar-refractivity contribution in [2.75, 3.05) is 26.2 Å². The highest BCUT2D eigenvalue weighted by Gasteiger charge is 2.42. The van der Waals surface area contributed by atoms with Crippen molar-refractivity contribution in [1.82, 2.24) is 29.3 Å². The van der Waals surface area contributed by atoms with Crippen LogP contribution in [-0.4, -0.2) is 66.0 Å². The maximum Gasteiger partial charge on any atom is 0.240 e. The number of nitrogens with one attached hydrogen (secondary N) is 1. The molecule has 3 aromatic heterocycles. The summed E-state index contributed by atoms with van der Waals surface area (Å²) in [6.07, 6.45) is 6.51. The molecule has 10 nitrogen and oxygen atoms in total. The molecule has 0 aliphatic carbocycles. The van der Waals surface area contributed by atoms with Crippen LogP contribution in [0.3, 0.4) is 0 Å². The van der Waals surface area contributed by atoms with Crippen molar-refractivity contribution in [2.24, 2.45) is 5.92 Å². The van der Waals surface area contributed by atoms with Crippen LogP contribution in [0.25, 0.3) is 11.0 Å². The molecule has 176 valence electrons. The largest absolute Gasteiger partial charge is 0.593 e. The zero-order valence-electron chi connectivity index (χ0n) is 18.8. The third-order valence-electron chi connectivity index (χ3n) is 6.79. The van der Waals surface area contributed by atoms with E-state index in [-0.39, 0.29) is 34.9 Å². The first-order chi connectivity index (χ1) is 15.8. The summed E-state index contributed by atoms with van der Waals surface area (Å²) < 4.78 is 32.9. The second kappa shape index (κ2) is 8.62. The maximum absolute atomic E-state index is 13.3.